The molecule has 3 nitrogen and oxygen atoms in total. The molecule has 3 rings (SSSR count). The van der Waals surface area contributed by atoms with Crippen molar-refractivity contribution >= 4 is 35.1 Å². The molecule has 1 heterocycles. The number of hydrogen-bond acceptors (Lipinski definition) is 2. The molecule has 3 aromatic rings. The van der Waals surface area contributed by atoms with Crippen molar-refractivity contribution in [3.05, 3.63) is 75.5 Å². The van der Waals surface area contributed by atoms with Crippen LogP contribution >= 0.6 is 23.2 Å². The lowest BCUT2D eigenvalue weighted by molar-refractivity contribution is 0.476. The minimum atomic E-state index is 0.0259. The van der Waals surface area contributed by atoms with Gasteiger partial charge in [0.2, 0.25) is 0 Å². The first-order chi connectivity index (χ1) is 11.5. The molecule has 0 unspecified atom stereocenters. The van der Waals surface area contributed by atoms with Crippen LogP contribution in [0.4, 0.5) is 5.69 Å². The topological polar surface area (TPSA) is 37.5 Å². The zero-order valence-corrected chi connectivity index (χ0v) is 14.8. The molecule has 0 atom stereocenters. The zero-order valence-electron chi connectivity index (χ0n) is 13.3. The van der Waals surface area contributed by atoms with Gasteiger partial charge in [-0.25, -0.2) is 0 Å². The highest BCUT2D eigenvalue weighted by Crippen LogP contribution is 2.28. The highest BCUT2D eigenvalue weighted by Gasteiger charge is 2.09. The summed E-state index contributed by atoms with van der Waals surface area (Å²) in [6.45, 7) is 4.09. The van der Waals surface area contributed by atoms with Gasteiger partial charge in [0.1, 0.15) is 5.75 Å². The maximum absolute atomic E-state index is 9.65. The lowest BCUT2D eigenvalue weighted by atomic mass is 10.2. The summed E-state index contributed by atoms with van der Waals surface area (Å²) in [7, 11) is 0. The Kier molecular flexibility index (Phi) is 4.65. The number of phenols is 1. The molecule has 0 spiro atoms. The van der Waals surface area contributed by atoms with Gasteiger partial charge >= 0.3 is 0 Å². The van der Waals surface area contributed by atoms with Crippen LogP contribution in [-0.4, -0.2) is 15.9 Å². The first kappa shape index (κ1) is 16.6. The zero-order chi connectivity index (χ0) is 17.3. The number of hydrogen-bond donors (Lipinski definition) is 1. The number of aliphatic imine (C=N–C) groups is 1. The summed E-state index contributed by atoms with van der Waals surface area (Å²) in [4.78, 5) is 4.42. The third-order valence-electron chi connectivity index (χ3n) is 3.84. The van der Waals surface area contributed by atoms with Gasteiger partial charge in [0.05, 0.1) is 10.7 Å². The molecule has 1 N–H and O–H groups in total. The first-order valence-corrected chi connectivity index (χ1v) is 8.19. The molecule has 0 radical (unpaired) electrons. The van der Waals surface area contributed by atoms with E-state index in [0.29, 0.717) is 15.7 Å². The Balaban J connectivity index is 1.95. The average molecular weight is 359 g/mol. The van der Waals surface area contributed by atoms with Crippen molar-refractivity contribution in [1.82, 2.24) is 4.57 Å². The summed E-state index contributed by atoms with van der Waals surface area (Å²) in [5, 5.41) is 10.7. The van der Waals surface area contributed by atoms with Gasteiger partial charge in [0.15, 0.2) is 0 Å². The van der Waals surface area contributed by atoms with Gasteiger partial charge in [-0.15, -0.1) is 0 Å². The summed E-state index contributed by atoms with van der Waals surface area (Å²) in [6.07, 6.45) is 1.79. The Morgan fingerprint density at radius 3 is 2.38 bits per heavy atom. The van der Waals surface area contributed by atoms with Crippen molar-refractivity contribution in [3.8, 4) is 11.4 Å². The number of benzene rings is 2. The smallest absolute Gasteiger partial charge is 0.136 e. The minimum Gasteiger partial charge on any atom is -0.506 e. The average Bonchev–Trinajstić information content (AvgIpc) is 2.84. The molecule has 5 heteroatoms. The van der Waals surface area contributed by atoms with Crippen LogP contribution in [-0.2, 0) is 0 Å². The van der Waals surface area contributed by atoms with E-state index < -0.39 is 0 Å². The quantitative estimate of drug-likeness (QED) is 0.585. The number of aryl methyl sites for hydroxylation is 1. The Bertz CT molecular complexity index is 912. The van der Waals surface area contributed by atoms with E-state index in [1.165, 1.54) is 6.07 Å². The Morgan fingerprint density at radius 2 is 1.71 bits per heavy atom. The standard InChI is InChI=1S/C19H16Cl2N2O/c1-12-9-14(11-22-16-5-8-18(21)19(24)10-16)13(2)23(12)17-6-3-15(20)4-7-17/h3-11,24H,1-2H3. The van der Waals surface area contributed by atoms with E-state index in [1.807, 2.05) is 38.1 Å². The van der Waals surface area contributed by atoms with Crippen molar-refractivity contribution in [2.24, 2.45) is 4.99 Å². The summed E-state index contributed by atoms with van der Waals surface area (Å²) >= 11 is 11.8. The molecule has 0 aliphatic carbocycles. The second-order valence-corrected chi connectivity index (χ2v) is 6.38. The fourth-order valence-electron chi connectivity index (χ4n) is 2.63. The van der Waals surface area contributed by atoms with E-state index in [0.717, 1.165) is 22.6 Å². The molecule has 0 bridgehead atoms. The summed E-state index contributed by atoms with van der Waals surface area (Å²) in [6, 6.07) is 14.7. The van der Waals surface area contributed by atoms with E-state index in [9.17, 15) is 5.11 Å². The van der Waals surface area contributed by atoms with Crippen molar-refractivity contribution < 1.29 is 5.11 Å². The molecule has 0 saturated carbocycles. The Labute approximate surface area is 150 Å². The van der Waals surface area contributed by atoms with Gasteiger partial charge in [-0.05, 0) is 56.3 Å². The van der Waals surface area contributed by atoms with Crippen LogP contribution in [0.15, 0.2) is 53.5 Å². The first-order valence-electron chi connectivity index (χ1n) is 7.43. The van der Waals surface area contributed by atoms with Crippen LogP contribution in [0.3, 0.4) is 0 Å². The van der Waals surface area contributed by atoms with E-state index in [2.05, 4.69) is 15.6 Å². The van der Waals surface area contributed by atoms with E-state index in [4.69, 9.17) is 23.2 Å². The second-order valence-electron chi connectivity index (χ2n) is 5.53. The van der Waals surface area contributed by atoms with Crippen LogP contribution < -0.4 is 0 Å². The van der Waals surface area contributed by atoms with Gasteiger partial charge in [-0.1, -0.05) is 23.2 Å². The van der Waals surface area contributed by atoms with E-state index in [1.54, 1.807) is 18.3 Å². The van der Waals surface area contributed by atoms with Gasteiger partial charge in [-0.3, -0.25) is 4.99 Å². The number of aromatic nitrogens is 1. The number of rotatable bonds is 3. The highest BCUT2D eigenvalue weighted by atomic mass is 35.5. The Morgan fingerprint density at radius 1 is 1.00 bits per heavy atom. The van der Waals surface area contributed by atoms with E-state index in [-0.39, 0.29) is 5.75 Å². The third-order valence-corrected chi connectivity index (χ3v) is 4.41. The largest absolute Gasteiger partial charge is 0.506 e. The molecule has 0 saturated heterocycles. The van der Waals surface area contributed by atoms with Crippen LogP contribution in [0, 0.1) is 13.8 Å². The maximum atomic E-state index is 9.65. The Hall–Kier alpha value is -2.23. The van der Waals surface area contributed by atoms with Gasteiger partial charge < -0.3 is 9.67 Å². The van der Waals surface area contributed by atoms with Crippen LogP contribution in [0.25, 0.3) is 5.69 Å². The highest BCUT2D eigenvalue weighted by molar-refractivity contribution is 6.32. The van der Waals surface area contributed by atoms with Crippen molar-refractivity contribution in [2.45, 2.75) is 13.8 Å². The summed E-state index contributed by atoms with van der Waals surface area (Å²) in [5.74, 6) is 0.0259. The van der Waals surface area contributed by atoms with Crippen LogP contribution in [0.2, 0.25) is 10.0 Å². The number of aromatic hydroxyl groups is 1. The molecular weight excluding hydrogens is 343 g/mol. The van der Waals surface area contributed by atoms with Gasteiger partial charge in [-0.2, -0.15) is 0 Å². The molecule has 122 valence electrons. The normalized spacial score (nSPS) is 11.3. The molecule has 0 fully saturated rings. The molecule has 24 heavy (non-hydrogen) atoms. The molecule has 0 amide bonds. The molecular formula is C19H16Cl2N2O. The molecule has 2 aromatic carbocycles. The van der Waals surface area contributed by atoms with Gasteiger partial charge in [0.25, 0.3) is 0 Å². The molecule has 0 aliphatic rings. The summed E-state index contributed by atoms with van der Waals surface area (Å²) < 4.78 is 2.15. The number of halogens is 2. The fourth-order valence-corrected chi connectivity index (χ4v) is 2.87. The molecule has 1 aromatic heterocycles. The van der Waals surface area contributed by atoms with Crippen molar-refractivity contribution in [3.63, 3.8) is 0 Å². The third kappa shape index (κ3) is 3.32. The SMILES string of the molecule is Cc1cc(C=Nc2ccc(Cl)c(O)c2)c(C)n1-c1ccc(Cl)cc1. The van der Waals surface area contributed by atoms with Crippen molar-refractivity contribution in [1.29, 1.82) is 0 Å². The van der Waals surface area contributed by atoms with Crippen LogP contribution in [0.5, 0.6) is 5.75 Å². The van der Waals surface area contributed by atoms with E-state index >= 15 is 0 Å². The van der Waals surface area contributed by atoms with Crippen LogP contribution in [0.1, 0.15) is 17.0 Å². The lowest BCUT2D eigenvalue weighted by Gasteiger charge is -2.09. The second kappa shape index (κ2) is 6.71. The summed E-state index contributed by atoms with van der Waals surface area (Å²) in [5.41, 5.74) is 4.90. The monoisotopic (exact) mass is 358 g/mol. The van der Waals surface area contributed by atoms with Gasteiger partial charge in [0, 0.05) is 39.9 Å². The number of nitrogens with zero attached hydrogens (tertiary/aromatic N) is 2. The predicted molar refractivity (Wildman–Crippen MR) is 101 cm³/mol. The predicted octanol–water partition coefficient (Wildman–Crippen LogP) is 5.86. The lowest BCUT2D eigenvalue weighted by Crippen LogP contribution is -1.99. The minimum absolute atomic E-state index is 0.0259. The van der Waals surface area contributed by atoms with Crippen molar-refractivity contribution in [2.75, 3.05) is 0 Å². The fraction of sp³-hybridized carbons (Fsp3) is 0.105. The maximum Gasteiger partial charge on any atom is 0.136 e. The number of phenolic OH excluding ortho intramolecular Hbond substituents is 1. The molecule has 0 aliphatic heterocycles.